The lowest BCUT2D eigenvalue weighted by molar-refractivity contribution is -0.137. The molecule has 0 spiro atoms. The Bertz CT molecular complexity index is 1320. The van der Waals surface area contributed by atoms with E-state index in [-0.39, 0.29) is 48.4 Å². The number of halogens is 4. The fraction of sp³-hybridized carbons (Fsp3) is 0.357. The summed E-state index contributed by atoms with van der Waals surface area (Å²) >= 11 is 1.67. The second-order valence-electron chi connectivity index (χ2n) is 9.74. The Labute approximate surface area is 222 Å². The third-order valence-electron chi connectivity index (χ3n) is 7.27. The number of benzene rings is 2. The van der Waals surface area contributed by atoms with Gasteiger partial charge >= 0.3 is 6.18 Å². The molecule has 2 aliphatic heterocycles. The Morgan fingerprint density at radius 2 is 1.79 bits per heavy atom. The van der Waals surface area contributed by atoms with Gasteiger partial charge in [-0.05, 0) is 72.3 Å². The van der Waals surface area contributed by atoms with E-state index >= 15 is 0 Å². The third-order valence-corrected chi connectivity index (χ3v) is 8.27. The quantitative estimate of drug-likeness (QED) is 0.422. The minimum Gasteiger partial charge on any atom is -0.338 e. The van der Waals surface area contributed by atoms with Crippen LogP contribution in [0, 0.1) is 5.82 Å². The molecule has 1 fully saturated rings. The molecule has 5 nitrogen and oxygen atoms in total. The number of fused-ring (bicyclic) bond motifs is 1. The third kappa shape index (κ3) is 5.33. The maximum absolute atomic E-state index is 14.1. The van der Waals surface area contributed by atoms with Crippen molar-refractivity contribution in [3.8, 4) is 0 Å². The molecule has 0 aliphatic carbocycles. The van der Waals surface area contributed by atoms with Crippen LogP contribution in [0.15, 0.2) is 60.0 Å². The van der Waals surface area contributed by atoms with Gasteiger partial charge in [-0.25, -0.2) is 4.39 Å². The van der Waals surface area contributed by atoms with E-state index in [0.29, 0.717) is 19.6 Å². The van der Waals surface area contributed by atoms with Crippen molar-refractivity contribution < 1.29 is 27.2 Å². The molecule has 2 amide bonds. The summed E-state index contributed by atoms with van der Waals surface area (Å²) in [5.41, 5.74) is 1.28. The highest BCUT2D eigenvalue weighted by Gasteiger charge is 2.35. The summed E-state index contributed by atoms with van der Waals surface area (Å²) in [6, 6.07) is 12.2. The van der Waals surface area contributed by atoms with E-state index in [9.17, 15) is 27.2 Å². The van der Waals surface area contributed by atoms with Crippen molar-refractivity contribution in [2.75, 3.05) is 32.7 Å². The highest BCUT2D eigenvalue weighted by Crippen LogP contribution is 2.38. The first-order chi connectivity index (χ1) is 18.1. The number of alkyl halides is 3. The van der Waals surface area contributed by atoms with E-state index in [4.69, 9.17) is 0 Å². The van der Waals surface area contributed by atoms with Crippen LogP contribution < -0.4 is 0 Å². The Balaban J connectivity index is 1.25. The fourth-order valence-electron chi connectivity index (χ4n) is 5.33. The lowest BCUT2D eigenvalue weighted by Crippen LogP contribution is -2.57. The average molecular weight is 546 g/mol. The molecular formula is C28H27F4N3O2S. The maximum Gasteiger partial charge on any atom is 0.416 e. The van der Waals surface area contributed by atoms with Crippen molar-refractivity contribution in [2.45, 2.75) is 31.6 Å². The molecule has 1 saturated heterocycles. The molecule has 5 rings (SSSR count). The number of carbonyl (C=O) groups is 2. The van der Waals surface area contributed by atoms with Crippen LogP contribution in [0.2, 0.25) is 0 Å². The molecule has 2 aromatic carbocycles. The molecular weight excluding hydrogens is 518 g/mol. The summed E-state index contributed by atoms with van der Waals surface area (Å²) in [5, 5.41) is 2.02. The molecule has 3 heterocycles. The van der Waals surface area contributed by atoms with E-state index in [1.54, 1.807) is 27.2 Å². The minimum absolute atomic E-state index is 0.0708. The number of nitrogens with zero attached hydrogens (tertiary/aromatic N) is 3. The highest BCUT2D eigenvalue weighted by molar-refractivity contribution is 7.10. The molecule has 0 unspecified atom stereocenters. The van der Waals surface area contributed by atoms with Crippen LogP contribution in [0.4, 0.5) is 17.6 Å². The lowest BCUT2D eigenvalue weighted by atomic mass is 9.93. The van der Waals surface area contributed by atoms with Gasteiger partial charge in [-0.3, -0.25) is 14.5 Å². The minimum atomic E-state index is -4.46. The Morgan fingerprint density at radius 1 is 1.03 bits per heavy atom. The number of rotatable bonds is 4. The second-order valence-corrected chi connectivity index (χ2v) is 10.7. The monoisotopic (exact) mass is 545 g/mol. The molecule has 2 atom stereocenters. The van der Waals surface area contributed by atoms with E-state index in [2.05, 4.69) is 4.90 Å². The summed E-state index contributed by atoms with van der Waals surface area (Å²) in [6.07, 6.45) is -3.65. The molecule has 2 aliphatic rings. The Kier molecular flexibility index (Phi) is 7.28. The zero-order valence-corrected chi connectivity index (χ0v) is 21.6. The molecule has 0 bridgehead atoms. The molecule has 1 aromatic heterocycles. The van der Waals surface area contributed by atoms with Crippen molar-refractivity contribution in [2.24, 2.45) is 0 Å². The normalized spacial score (nSPS) is 20.3. The van der Waals surface area contributed by atoms with Crippen molar-refractivity contribution in [3.05, 3.63) is 92.9 Å². The summed E-state index contributed by atoms with van der Waals surface area (Å²) in [7, 11) is 0. The van der Waals surface area contributed by atoms with Gasteiger partial charge in [0.1, 0.15) is 5.82 Å². The fourth-order valence-corrected chi connectivity index (χ4v) is 6.24. The SMILES string of the molecule is C[C@@H]1CN(C(=O)CN2CCc3sccc3[C@H]2c2cccc(F)c2)CCN1C(=O)c1ccc(C(F)(F)F)cc1. The summed E-state index contributed by atoms with van der Waals surface area (Å²) in [6.45, 7) is 3.60. The van der Waals surface area contributed by atoms with E-state index < -0.39 is 11.7 Å². The summed E-state index contributed by atoms with van der Waals surface area (Å²) in [5.74, 6) is -0.747. The largest absolute Gasteiger partial charge is 0.416 e. The van der Waals surface area contributed by atoms with Gasteiger partial charge in [-0.15, -0.1) is 11.3 Å². The molecule has 0 saturated carbocycles. The zero-order valence-electron chi connectivity index (χ0n) is 20.7. The van der Waals surface area contributed by atoms with Crippen molar-refractivity contribution in [1.82, 2.24) is 14.7 Å². The molecule has 0 N–H and O–H groups in total. The molecule has 10 heteroatoms. The first-order valence-corrected chi connectivity index (χ1v) is 13.3. The molecule has 38 heavy (non-hydrogen) atoms. The first kappa shape index (κ1) is 26.4. The van der Waals surface area contributed by atoms with Crippen molar-refractivity contribution in [1.29, 1.82) is 0 Å². The molecule has 200 valence electrons. The number of hydrogen-bond acceptors (Lipinski definition) is 4. The smallest absolute Gasteiger partial charge is 0.338 e. The highest BCUT2D eigenvalue weighted by atomic mass is 32.1. The van der Waals surface area contributed by atoms with Crippen LogP contribution in [0.5, 0.6) is 0 Å². The zero-order chi connectivity index (χ0) is 27.0. The van der Waals surface area contributed by atoms with E-state index in [1.807, 2.05) is 24.4 Å². The van der Waals surface area contributed by atoms with Gasteiger partial charge in [-0.2, -0.15) is 13.2 Å². The van der Waals surface area contributed by atoms with Crippen LogP contribution >= 0.6 is 11.3 Å². The maximum atomic E-state index is 14.1. The second kappa shape index (κ2) is 10.5. The van der Waals surface area contributed by atoms with Crippen molar-refractivity contribution in [3.63, 3.8) is 0 Å². The van der Waals surface area contributed by atoms with Crippen molar-refractivity contribution >= 4 is 23.2 Å². The van der Waals surface area contributed by atoms with Crippen LogP contribution in [0.1, 0.15) is 44.9 Å². The Morgan fingerprint density at radius 3 is 2.47 bits per heavy atom. The lowest BCUT2D eigenvalue weighted by Gasteiger charge is -2.42. The number of thiophene rings is 1. The summed E-state index contributed by atoms with van der Waals surface area (Å²) in [4.78, 5) is 33.0. The van der Waals surface area contributed by atoms with Gasteiger partial charge < -0.3 is 9.80 Å². The first-order valence-electron chi connectivity index (χ1n) is 12.4. The van der Waals surface area contributed by atoms with E-state index in [0.717, 1.165) is 29.7 Å². The molecule has 0 radical (unpaired) electrons. The van der Waals surface area contributed by atoms with Crippen LogP contribution in [-0.2, 0) is 17.4 Å². The van der Waals surface area contributed by atoms with Crippen LogP contribution in [0.3, 0.4) is 0 Å². The van der Waals surface area contributed by atoms with Gasteiger partial charge in [0.15, 0.2) is 0 Å². The predicted molar refractivity (Wildman–Crippen MR) is 136 cm³/mol. The number of amides is 2. The van der Waals surface area contributed by atoms with Crippen LogP contribution in [0.25, 0.3) is 0 Å². The van der Waals surface area contributed by atoms with E-state index in [1.165, 1.54) is 29.1 Å². The number of piperazine rings is 1. The van der Waals surface area contributed by atoms with Gasteiger partial charge in [0, 0.05) is 42.7 Å². The van der Waals surface area contributed by atoms with Gasteiger partial charge in [0.25, 0.3) is 5.91 Å². The van der Waals surface area contributed by atoms with Gasteiger partial charge in [0.2, 0.25) is 5.91 Å². The number of carbonyl (C=O) groups excluding carboxylic acids is 2. The molecule has 3 aromatic rings. The average Bonchev–Trinajstić information content (AvgIpc) is 3.36. The summed E-state index contributed by atoms with van der Waals surface area (Å²) < 4.78 is 52.7. The predicted octanol–water partition coefficient (Wildman–Crippen LogP) is 5.23. The standard InChI is InChI=1S/C28H27F4N3O2S/c1-18-16-33(12-13-35(18)27(37)19-5-7-21(8-6-19)28(30,31)32)25(36)17-34-11-9-24-23(10-14-38-24)26(34)20-3-2-4-22(29)15-20/h2-8,10,14-15,18,26H,9,11-13,16-17H2,1H3/t18-,26-/m1/s1. The van der Waals surface area contributed by atoms with Gasteiger partial charge in [0.05, 0.1) is 18.2 Å². The number of hydrogen-bond donors (Lipinski definition) is 0. The topological polar surface area (TPSA) is 43.9 Å². The Hall–Kier alpha value is -3.24. The van der Waals surface area contributed by atoms with Gasteiger partial charge in [-0.1, -0.05) is 12.1 Å². The van der Waals surface area contributed by atoms with Crippen LogP contribution in [-0.4, -0.2) is 65.3 Å².